The minimum absolute atomic E-state index is 0.146. The van der Waals surface area contributed by atoms with Gasteiger partial charge in [0.1, 0.15) is 0 Å². The number of benzene rings is 1. The Morgan fingerprint density at radius 3 is 2.32 bits per heavy atom. The molecule has 7 nitrogen and oxygen atoms in total. The van der Waals surface area contributed by atoms with Crippen LogP contribution in [-0.4, -0.2) is 49.2 Å². The van der Waals surface area contributed by atoms with E-state index in [4.69, 9.17) is 4.74 Å². The van der Waals surface area contributed by atoms with Crippen LogP contribution in [0.2, 0.25) is 0 Å². The maximum Gasteiger partial charge on any atom is 0.338 e. The van der Waals surface area contributed by atoms with E-state index in [0.29, 0.717) is 30.6 Å². The van der Waals surface area contributed by atoms with Gasteiger partial charge in [0, 0.05) is 19.3 Å². The van der Waals surface area contributed by atoms with E-state index in [9.17, 15) is 18.0 Å². The number of nitrogens with zero attached hydrogens (tertiary/aromatic N) is 1. The van der Waals surface area contributed by atoms with Gasteiger partial charge in [-0.25, -0.2) is 13.2 Å². The van der Waals surface area contributed by atoms with Crippen LogP contribution in [0.25, 0.3) is 0 Å². The second-order valence-corrected chi connectivity index (χ2v) is 9.31. The van der Waals surface area contributed by atoms with Crippen LogP contribution < -0.4 is 0 Å². The summed E-state index contributed by atoms with van der Waals surface area (Å²) in [6, 6.07) is 8.90. The Labute approximate surface area is 164 Å². The second kappa shape index (κ2) is 8.28. The molecule has 150 valence electrons. The zero-order valence-corrected chi connectivity index (χ0v) is 16.7. The highest BCUT2D eigenvalue weighted by molar-refractivity contribution is 7.89. The Morgan fingerprint density at radius 2 is 1.75 bits per heavy atom. The van der Waals surface area contributed by atoms with E-state index < -0.39 is 16.0 Å². The third kappa shape index (κ3) is 4.51. The van der Waals surface area contributed by atoms with Crippen molar-refractivity contribution < 1.29 is 22.7 Å². The van der Waals surface area contributed by atoms with Crippen molar-refractivity contribution in [1.29, 1.82) is 0 Å². The Morgan fingerprint density at radius 1 is 1.11 bits per heavy atom. The molecule has 1 fully saturated rings. The molecule has 0 unspecified atom stereocenters. The van der Waals surface area contributed by atoms with Gasteiger partial charge in [0.2, 0.25) is 15.8 Å². The average Bonchev–Trinajstić information content (AvgIpc) is 3.20. The second-order valence-electron chi connectivity index (χ2n) is 7.38. The van der Waals surface area contributed by atoms with Gasteiger partial charge in [-0.1, -0.05) is 13.8 Å². The Bertz CT molecular complexity index is 925. The first-order valence-corrected chi connectivity index (χ1v) is 10.7. The molecule has 1 aliphatic rings. The number of esters is 1. The van der Waals surface area contributed by atoms with Crippen molar-refractivity contribution in [3.63, 3.8) is 0 Å². The first-order valence-electron chi connectivity index (χ1n) is 9.21. The van der Waals surface area contributed by atoms with Crippen molar-refractivity contribution >= 4 is 21.8 Å². The summed E-state index contributed by atoms with van der Waals surface area (Å²) in [4.78, 5) is 26.9. The zero-order chi connectivity index (χ0) is 20.3. The maximum absolute atomic E-state index is 12.9. The van der Waals surface area contributed by atoms with Gasteiger partial charge < -0.3 is 9.72 Å². The summed E-state index contributed by atoms with van der Waals surface area (Å²) in [7, 11) is -3.60. The van der Waals surface area contributed by atoms with Crippen LogP contribution in [0, 0.1) is 11.8 Å². The number of sulfonamides is 1. The Balaban J connectivity index is 1.65. The van der Waals surface area contributed by atoms with Crippen LogP contribution in [0.15, 0.2) is 47.5 Å². The number of hydrogen-bond acceptors (Lipinski definition) is 5. The van der Waals surface area contributed by atoms with E-state index in [0.717, 1.165) is 6.42 Å². The zero-order valence-electron chi connectivity index (χ0n) is 15.9. The summed E-state index contributed by atoms with van der Waals surface area (Å²) >= 11 is 0. The minimum atomic E-state index is -3.60. The predicted molar refractivity (Wildman–Crippen MR) is 104 cm³/mol. The van der Waals surface area contributed by atoms with Gasteiger partial charge in [-0.05, 0) is 54.7 Å². The smallest absolute Gasteiger partial charge is 0.338 e. The van der Waals surface area contributed by atoms with Crippen molar-refractivity contribution in [3.05, 3.63) is 53.9 Å². The molecule has 1 N–H and O–H groups in total. The minimum Gasteiger partial charge on any atom is -0.454 e. The molecule has 0 amide bonds. The number of carbonyl (C=O) groups excluding carboxylic acids is 2. The number of nitrogens with one attached hydrogen (secondary N) is 1. The monoisotopic (exact) mass is 404 g/mol. The van der Waals surface area contributed by atoms with Gasteiger partial charge in [-0.2, -0.15) is 4.31 Å². The number of aromatic nitrogens is 1. The van der Waals surface area contributed by atoms with Crippen LogP contribution in [-0.2, 0) is 14.8 Å². The van der Waals surface area contributed by atoms with E-state index in [2.05, 4.69) is 4.98 Å². The summed E-state index contributed by atoms with van der Waals surface area (Å²) < 4.78 is 32.3. The van der Waals surface area contributed by atoms with Gasteiger partial charge in [0.15, 0.2) is 6.61 Å². The Hall–Kier alpha value is -2.45. The molecule has 0 spiro atoms. The number of ketones is 1. The fourth-order valence-electron chi connectivity index (χ4n) is 3.51. The van der Waals surface area contributed by atoms with E-state index in [-0.39, 0.29) is 22.8 Å². The summed E-state index contributed by atoms with van der Waals surface area (Å²) in [5.41, 5.74) is 0.554. The molecule has 3 rings (SSSR count). The molecule has 28 heavy (non-hydrogen) atoms. The molecule has 0 saturated carbocycles. The third-order valence-corrected chi connectivity index (χ3v) is 6.64. The molecule has 2 aromatic rings. The van der Waals surface area contributed by atoms with Crippen LogP contribution in [0.1, 0.15) is 41.1 Å². The lowest BCUT2D eigenvalue weighted by molar-refractivity contribution is 0.0473. The fraction of sp³-hybridized carbons (Fsp3) is 0.400. The molecule has 1 saturated heterocycles. The Kier molecular flexibility index (Phi) is 6.00. The number of ether oxygens (including phenoxy) is 1. The molecule has 1 aromatic carbocycles. The normalized spacial score (nSPS) is 20.6. The first-order chi connectivity index (χ1) is 13.3. The number of rotatable bonds is 6. The van der Waals surface area contributed by atoms with E-state index in [1.807, 2.05) is 13.8 Å². The molecule has 1 aromatic heterocycles. The highest BCUT2D eigenvalue weighted by Gasteiger charge is 2.31. The van der Waals surface area contributed by atoms with Gasteiger partial charge in [-0.15, -0.1) is 0 Å². The molecular weight excluding hydrogens is 380 g/mol. The van der Waals surface area contributed by atoms with Crippen LogP contribution in [0.3, 0.4) is 0 Å². The van der Waals surface area contributed by atoms with E-state index in [1.54, 1.807) is 18.3 Å². The fourth-order valence-corrected chi connectivity index (χ4v) is 5.19. The summed E-state index contributed by atoms with van der Waals surface area (Å²) in [6.45, 7) is 4.70. The van der Waals surface area contributed by atoms with Crippen molar-refractivity contribution in [2.75, 3.05) is 19.7 Å². The number of H-pyrrole nitrogens is 1. The number of carbonyl (C=O) groups is 2. The average molecular weight is 404 g/mol. The van der Waals surface area contributed by atoms with Gasteiger partial charge in [0.25, 0.3) is 0 Å². The largest absolute Gasteiger partial charge is 0.454 e. The van der Waals surface area contributed by atoms with Crippen LogP contribution >= 0.6 is 0 Å². The molecular formula is C20H24N2O5S. The van der Waals surface area contributed by atoms with Gasteiger partial charge in [0.05, 0.1) is 16.2 Å². The van der Waals surface area contributed by atoms with E-state index >= 15 is 0 Å². The SMILES string of the molecule is C[C@H]1C[C@H](C)CN(S(=O)(=O)c2ccc(C(=O)OCC(=O)c3ccc[nH]3)cc2)C1. The van der Waals surface area contributed by atoms with Gasteiger partial charge >= 0.3 is 5.97 Å². The lowest BCUT2D eigenvalue weighted by atomic mass is 9.94. The van der Waals surface area contributed by atoms with Gasteiger partial charge in [-0.3, -0.25) is 4.79 Å². The summed E-state index contributed by atoms with van der Waals surface area (Å²) in [6.07, 6.45) is 2.62. The molecule has 2 atom stereocenters. The lowest BCUT2D eigenvalue weighted by Gasteiger charge is -2.34. The molecule has 0 bridgehead atoms. The summed E-state index contributed by atoms with van der Waals surface area (Å²) in [5, 5.41) is 0. The van der Waals surface area contributed by atoms with Crippen LogP contribution in [0.5, 0.6) is 0 Å². The molecule has 1 aliphatic heterocycles. The van der Waals surface area contributed by atoms with Crippen molar-refractivity contribution in [3.8, 4) is 0 Å². The number of aromatic amines is 1. The number of Topliss-reactive ketones (excluding diaryl/α,β-unsaturated/α-hetero) is 1. The highest BCUT2D eigenvalue weighted by atomic mass is 32.2. The number of hydrogen-bond donors (Lipinski definition) is 1. The van der Waals surface area contributed by atoms with Crippen molar-refractivity contribution in [2.45, 2.75) is 25.2 Å². The summed E-state index contributed by atoms with van der Waals surface area (Å²) in [5.74, 6) is -0.398. The number of piperidine rings is 1. The van der Waals surface area contributed by atoms with Crippen LogP contribution in [0.4, 0.5) is 0 Å². The molecule has 8 heteroatoms. The maximum atomic E-state index is 12.9. The predicted octanol–water partition coefficient (Wildman–Crippen LogP) is 2.72. The van der Waals surface area contributed by atoms with Crippen molar-refractivity contribution in [2.24, 2.45) is 11.8 Å². The molecule has 2 heterocycles. The lowest BCUT2D eigenvalue weighted by Crippen LogP contribution is -2.42. The molecule has 0 aliphatic carbocycles. The topological polar surface area (TPSA) is 96.5 Å². The highest BCUT2D eigenvalue weighted by Crippen LogP contribution is 2.26. The molecule has 0 radical (unpaired) electrons. The van der Waals surface area contributed by atoms with E-state index in [1.165, 1.54) is 28.6 Å². The van der Waals surface area contributed by atoms with Crippen molar-refractivity contribution in [1.82, 2.24) is 9.29 Å². The third-order valence-electron chi connectivity index (χ3n) is 4.80. The first kappa shape index (κ1) is 20.3. The quantitative estimate of drug-likeness (QED) is 0.590. The standard InChI is InChI=1S/C20H24N2O5S/c1-14-10-15(2)12-22(11-14)28(25,26)17-7-5-16(6-8-17)20(24)27-13-19(23)18-4-3-9-21-18/h3-9,14-15,21H,10-13H2,1-2H3/t14-,15-/m0/s1.